The molecule has 0 aliphatic rings. The summed E-state index contributed by atoms with van der Waals surface area (Å²) < 4.78 is 34.4. The summed E-state index contributed by atoms with van der Waals surface area (Å²) in [6.45, 7) is 11.7. The first-order valence-electron chi connectivity index (χ1n) is 23.4. The minimum absolute atomic E-state index is 0.680. The topological polar surface area (TPSA) is 62.7 Å². The van der Waals surface area contributed by atoms with Gasteiger partial charge in [-0.05, 0) is 86.3 Å². The van der Waals surface area contributed by atoms with Gasteiger partial charge in [0.2, 0.25) is 0 Å². The van der Waals surface area contributed by atoms with E-state index in [-0.39, 0.29) is 0 Å². The van der Waals surface area contributed by atoms with E-state index in [1.807, 2.05) is 36.4 Å². The lowest BCUT2D eigenvalue weighted by molar-refractivity contribution is 0.259. The van der Waals surface area contributed by atoms with Crippen LogP contribution in [0, 0.1) is 23.7 Å². The molecule has 0 N–H and O–H groups in total. The average molecular weight is 901 g/mol. The Morgan fingerprint density at radius 3 is 1.16 bits per heavy atom. The van der Waals surface area contributed by atoms with Gasteiger partial charge in [-0.1, -0.05) is 141 Å². The second kappa shape index (κ2) is 26.7. The maximum Gasteiger partial charge on any atom is 0.162 e. The lowest BCUT2D eigenvalue weighted by Gasteiger charge is -2.13. The van der Waals surface area contributed by atoms with Gasteiger partial charge in [0.25, 0.3) is 0 Å². The summed E-state index contributed by atoms with van der Waals surface area (Å²) >= 11 is 4.59. The van der Waals surface area contributed by atoms with Crippen LogP contribution in [0.5, 0.6) is 23.0 Å². The van der Waals surface area contributed by atoms with Gasteiger partial charge in [0.15, 0.2) is 23.0 Å². The van der Waals surface area contributed by atoms with E-state index in [0.29, 0.717) is 26.4 Å². The van der Waals surface area contributed by atoms with Crippen LogP contribution in [-0.4, -0.2) is 35.2 Å². The molecule has 332 valence electrons. The third kappa shape index (κ3) is 14.9. The molecule has 0 saturated carbocycles. The number of fused-ring (bicyclic) bond motifs is 1. The van der Waals surface area contributed by atoms with Gasteiger partial charge in [0, 0.05) is 32.0 Å². The fourth-order valence-electron chi connectivity index (χ4n) is 7.11. The van der Waals surface area contributed by atoms with Crippen molar-refractivity contribution in [2.75, 3.05) is 26.4 Å². The maximum absolute atomic E-state index is 6.25. The zero-order valence-electron chi connectivity index (χ0n) is 37.8. The standard InChI is InChI=1S/C54H64N2O4S3/c1-5-9-13-17-35-57-47-31-23-41(39-49(47)59-37-19-15-11-7-3)21-25-43-27-33-51(61-43)45-29-30-46(54-53(45)55-63-56-54)52-34-28-44(62-52)26-22-42-24-32-48(58-36-18-14-10-6-2)50(40-42)60-38-20-16-12-8-4/h23-24,27-34,39-40H,5-20,35-38H2,1-4H3. The molecule has 0 amide bonds. The van der Waals surface area contributed by atoms with Gasteiger partial charge in [-0.25, -0.2) is 0 Å². The highest BCUT2D eigenvalue weighted by Gasteiger charge is 2.16. The second-order valence-corrected chi connectivity index (χ2v) is 18.6. The van der Waals surface area contributed by atoms with Crippen LogP contribution in [0.4, 0.5) is 0 Å². The highest BCUT2D eigenvalue weighted by atomic mass is 32.1. The van der Waals surface area contributed by atoms with E-state index in [0.717, 1.165) is 101 Å². The second-order valence-electron chi connectivity index (χ2n) is 15.9. The number of hydrogen-bond acceptors (Lipinski definition) is 9. The smallest absolute Gasteiger partial charge is 0.162 e. The van der Waals surface area contributed by atoms with E-state index in [1.54, 1.807) is 22.7 Å². The average Bonchev–Trinajstić information content (AvgIpc) is 4.11. The van der Waals surface area contributed by atoms with Gasteiger partial charge in [0.1, 0.15) is 11.0 Å². The Labute approximate surface area is 389 Å². The lowest BCUT2D eigenvalue weighted by Crippen LogP contribution is -2.03. The molecular formula is C54H64N2O4S3. The molecule has 0 unspecified atom stereocenters. The van der Waals surface area contributed by atoms with Crippen molar-refractivity contribution in [3.05, 3.63) is 93.7 Å². The van der Waals surface area contributed by atoms with Crippen molar-refractivity contribution in [2.24, 2.45) is 0 Å². The number of aromatic nitrogens is 2. The number of unbranched alkanes of at least 4 members (excludes halogenated alkanes) is 12. The SMILES string of the molecule is CCCCCCOc1ccc(C#Cc2ccc(-c3ccc(-c4ccc(C#Cc5ccc(OCCCCCC)c(OCCCCCC)c5)s4)c4nsnc34)s2)cc1OCCCCCC. The van der Waals surface area contributed by atoms with Crippen molar-refractivity contribution in [1.29, 1.82) is 0 Å². The van der Waals surface area contributed by atoms with E-state index >= 15 is 0 Å². The molecule has 0 atom stereocenters. The largest absolute Gasteiger partial charge is 0.490 e. The van der Waals surface area contributed by atoms with E-state index in [9.17, 15) is 0 Å². The van der Waals surface area contributed by atoms with Crippen LogP contribution in [-0.2, 0) is 0 Å². The van der Waals surface area contributed by atoms with Crippen LogP contribution >= 0.6 is 34.4 Å². The number of hydrogen-bond donors (Lipinski definition) is 0. The summed E-state index contributed by atoms with van der Waals surface area (Å²) in [5.41, 5.74) is 5.75. The first-order valence-corrected chi connectivity index (χ1v) is 25.7. The Morgan fingerprint density at radius 2 is 0.778 bits per heavy atom. The summed E-state index contributed by atoms with van der Waals surface area (Å²) in [5, 5.41) is 0. The third-order valence-electron chi connectivity index (χ3n) is 10.7. The summed E-state index contributed by atoms with van der Waals surface area (Å²) in [6, 6.07) is 24.9. The normalized spacial score (nSPS) is 10.9. The first kappa shape index (κ1) is 47.7. The predicted octanol–water partition coefficient (Wildman–Crippen LogP) is 15.8. The molecule has 0 bridgehead atoms. The number of benzene rings is 3. The van der Waals surface area contributed by atoms with Crippen molar-refractivity contribution in [3.63, 3.8) is 0 Å². The highest BCUT2D eigenvalue weighted by Crippen LogP contribution is 2.39. The van der Waals surface area contributed by atoms with Crippen LogP contribution in [0.2, 0.25) is 0 Å². The molecule has 3 aromatic heterocycles. The van der Waals surface area contributed by atoms with Gasteiger partial charge < -0.3 is 18.9 Å². The first-order chi connectivity index (χ1) is 31.1. The van der Waals surface area contributed by atoms with Crippen molar-refractivity contribution in [2.45, 2.75) is 130 Å². The molecule has 0 radical (unpaired) electrons. The van der Waals surface area contributed by atoms with Gasteiger partial charge >= 0.3 is 0 Å². The van der Waals surface area contributed by atoms with Crippen molar-refractivity contribution >= 4 is 45.4 Å². The fraction of sp³-hybridized carbons (Fsp3) is 0.444. The van der Waals surface area contributed by atoms with Gasteiger partial charge in [-0.2, -0.15) is 8.75 Å². The summed E-state index contributed by atoms with van der Waals surface area (Å²) in [5.74, 6) is 16.7. The van der Waals surface area contributed by atoms with Crippen LogP contribution in [0.15, 0.2) is 72.8 Å². The third-order valence-corrected chi connectivity index (χ3v) is 13.3. The molecule has 63 heavy (non-hydrogen) atoms. The fourth-order valence-corrected chi connectivity index (χ4v) is 9.46. The van der Waals surface area contributed by atoms with Crippen molar-refractivity contribution < 1.29 is 18.9 Å². The van der Waals surface area contributed by atoms with E-state index < -0.39 is 0 Å². The van der Waals surface area contributed by atoms with Crippen LogP contribution < -0.4 is 18.9 Å². The van der Waals surface area contributed by atoms with Crippen molar-refractivity contribution in [1.82, 2.24) is 8.75 Å². The molecule has 3 aromatic carbocycles. The molecule has 3 heterocycles. The molecule has 0 aliphatic carbocycles. The van der Waals surface area contributed by atoms with Crippen LogP contribution in [0.3, 0.4) is 0 Å². The van der Waals surface area contributed by atoms with Gasteiger partial charge in [0.05, 0.1) is 47.9 Å². The summed E-state index contributed by atoms with van der Waals surface area (Å²) in [6.07, 6.45) is 18.6. The number of rotatable bonds is 26. The summed E-state index contributed by atoms with van der Waals surface area (Å²) in [4.78, 5) is 4.20. The molecule has 0 spiro atoms. The molecule has 9 heteroatoms. The van der Waals surface area contributed by atoms with E-state index in [2.05, 4.69) is 87.8 Å². The monoisotopic (exact) mass is 900 g/mol. The quantitative estimate of drug-likeness (QED) is 0.0399. The molecule has 0 aliphatic heterocycles. The Kier molecular flexibility index (Phi) is 20.2. The highest BCUT2D eigenvalue weighted by molar-refractivity contribution is 7.16. The Balaban J connectivity index is 1.14. The zero-order valence-corrected chi connectivity index (χ0v) is 40.3. The van der Waals surface area contributed by atoms with Crippen molar-refractivity contribution in [3.8, 4) is 67.6 Å². The molecule has 6 aromatic rings. The Bertz CT molecular complexity index is 2260. The molecule has 6 nitrogen and oxygen atoms in total. The Hall–Kier alpha value is -4.80. The molecule has 0 fully saturated rings. The van der Waals surface area contributed by atoms with E-state index in [1.165, 1.54) is 88.8 Å². The van der Waals surface area contributed by atoms with Gasteiger partial charge in [-0.3, -0.25) is 0 Å². The Morgan fingerprint density at radius 1 is 0.397 bits per heavy atom. The molecule has 0 saturated heterocycles. The van der Waals surface area contributed by atoms with Crippen LogP contribution in [0.25, 0.3) is 31.9 Å². The molecule has 6 rings (SSSR count). The maximum atomic E-state index is 6.25. The number of ether oxygens (including phenoxy) is 4. The number of thiophene rings is 2. The lowest BCUT2D eigenvalue weighted by atomic mass is 10.1. The minimum Gasteiger partial charge on any atom is -0.490 e. The van der Waals surface area contributed by atoms with Crippen LogP contribution in [0.1, 0.15) is 151 Å². The zero-order chi connectivity index (χ0) is 43.9. The summed E-state index contributed by atoms with van der Waals surface area (Å²) in [7, 11) is 0. The van der Waals surface area contributed by atoms with E-state index in [4.69, 9.17) is 27.7 Å². The minimum atomic E-state index is 0.680. The molecular weight excluding hydrogens is 837 g/mol. The van der Waals surface area contributed by atoms with Gasteiger partial charge in [-0.15, -0.1) is 22.7 Å². The predicted molar refractivity (Wildman–Crippen MR) is 267 cm³/mol. The number of nitrogens with zero attached hydrogens (tertiary/aromatic N) is 2.